The van der Waals surface area contributed by atoms with E-state index in [0.29, 0.717) is 13.2 Å². The summed E-state index contributed by atoms with van der Waals surface area (Å²) in [4.78, 5) is 12.7. The highest BCUT2D eigenvalue weighted by molar-refractivity contribution is 6.56. The Balaban J connectivity index is 2.40. The molecule has 5 nitrogen and oxygen atoms in total. The minimum atomic E-state index is -0.523. The van der Waals surface area contributed by atoms with E-state index in [1.165, 1.54) is 0 Å². The Hall–Kier alpha value is -0.980. The number of hydrogen-bond donors (Lipinski definition) is 1. The van der Waals surface area contributed by atoms with Crippen LogP contribution in [0, 0.1) is 0 Å². The zero-order chi connectivity index (χ0) is 16.9. The van der Waals surface area contributed by atoms with E-state index < -0.39 is 5.56 Å². The number of aromatic amines is 1. The van der Waals surface area contributed by atoms with Crippen molar-refractivity contribution in [3.63, 3.8) is 0 Å². The van der Waals surface area contributed by atoms with Crippen LogP contribution in [0.2, 0.25) is 25.1 Å². The van der Waals surface area contributed by atoms with Gasteiger partial charge < -0.3 is 9.47 Å². The van der Waals surface area contributed by atoms with Gasteiger partial charge in [0.15, 0.2) is 0 Å². The predicted octanol–water partition coefficient (Wildman–Crippen LogP) is 2.96. The van der Waals surface area contributed by atoms with E-state index in [1.807, 2.05) is 0 Å². The SMILES string of the molecule is C=c1[nH]n(-c2c(Cl)c(Cl)c(Cl)c(Cl)c2Cl)c(=O)c1=C1OCCO1. The number of hydrogen-bond acceptors (Lipinski definition) is 3. The van der Waals surface area contributed by atoms with E-state index in [2.05, 4.69) is 11.7 Å². The average Bonchev–Trinajstić information content (AvgIpc) is 3.12. The summed E-state index contributed by atoms with van der Waals surface area (Å²) in [6.07, 6.45) is 0. The largest absolute Gasteiger partial charge is 0.461 e. The predicted molar refractivity (Wildman–Crippen MR) is 91.5 cm³/mol. The number of halogens is 5. The van der Waals surface area contributed by atoms with Crippen LogP contribution < -0.4 is 16.1 Å². The van der Waals surface area contributed by atoms with Crippen molar-refractivity contribution in [1.82, 2.24) is 9.78 Å². The van der Waals surface area contributed by atoms with Gasteiger partial charge >= 0.3 is 0 Å². The highest BCUT2D eigenvalue weighted by Crippen LogP contribution is 2.44. The van der Waals surface area contributed by atoms with Gasteiger partial charge in [-0.25, -0.2) is 4.68 Å². The molecular weight excluding hydrogens is 409 g/mol. The Morgan fingerprint density at radius 1 is 0.913 bits per heavy atom. The summed E-state index contributed by atoms with van der Waals surface area (Å²) < 4.78 is 11.6. The molecule has 1 N–H and O–H groups in total. The Labute approximate surface area is 154 Å². The summed E-state index contributed by atoms with van der Waals surface area (Å²) in [7, 11) is 0. The van der Waals surface area contributed by atoms with Gasteiger partial charge in [-0.2, -0.15) is 0 Å². The Kier molecular flexibility index (Phi) is 4.51. The fourth-order valence-electron chi connectivity index (χ4n) is 2.09. The van der Waals surface area contributed by atoms with Crippen LogP contribution in [0.4, 0.5) is 0 Å². The maximum atomic E-state index is 12.7. The van der Waals surface area contributed by atoms with Gasteiger partial charge in [0.25, 0.3) is 11.5 Å². The van der Waals surface area contributed by atoms with Crippen molar-refractivity contribution in [2.75, 3.05) is 13.2 Å². The van der Waals surface area contributed by atoms with Gasteiger partial charge in [0, 0.05) is 0 Å². The lowest BCUT2D eigenvalue weighted by atomic mass is 10.3. The molecule has 1 aliphatic heterocycles. The molecule has 2 aromatic rings. The maximum Gasteiger partial charge on any atom is 0.295 e. The first-order valence-corrected chi connectivity index (χ1v) is 8.05. The van der Waals surface area contributed by atoms with E-state index in [9.17, 15) is 4.79 Å². The average molecular weight is 416 g/mol. The smallest absolute Gasteiger partial charge is 0.295 e. The molecule has 1 saturated heterocycles. The Bertz CT molecular complexity index is 942. The molecule has 0 spiro atoms. The van der Waals surface area contributed by atoms with Crippen LogP contribution >= 0.6 is 58.0 Å². The number of nitrogens with zero attached hydrogens (tertiary/aromatic N) is 1. The van der Waals surface area contributed by atoms with Crippen molar-refractivity contribution in [3.8, 4) is 5.69 Å². The highest BCUT2D eigenvalue weighted by Gasteiger charge is 2.24. The Morgan fingerprint density at radius 2 is 1.39 bits per heavy atom. The zero-order valence-corrected chi connectivity index (χ0v) is 15.0. The zero-order valence-electron chi connectivity index (χ0n) is 11.2. The van der Waals surface area contributed by atoms with Crippen LogP contribution in [0.15, 0.2) is 4.79 Å². The van der Waals surface area contributed by atoms with Crippen molar-refractivity contribution in [2.45, 2.75) is 0 Å². The summed E-state index contributed by atoms with van der Waals surface area (Å²) in [5.74, 6) is 0.0911. The first-order chi connectivity index (χ1) is 10.8. The van der Waals surface area contributed by atoms with E-state index in [-0.39, 0.29) is 47.3 Å². The third-order valence-electron chi connectivity index (χ3n) is 3.13. The molecular formula is C13H7Cl5N2O3. The van der Waals surface area contributed by atoms with Crippen molar-refractivity contribution in [3.05, 3.63) is 46.0 Å². The minimum Gasteiger partial charge on any atom is -0.461 e. The number of nitrogens with one attached hydrogen (secondary N) is 1. The van der Waals surface area contributed by atoms with E-state index in [4.69, 9.17) is 67.5 Å². The monoisotopic (exact) mass is 414 g/mol. The minimum absolute atomic E-state index is 0.00130. The first-order valence-electron chi connectivity index (χ1n) is 6.16. The highest BCUT2D eigenvalue weighted by atomic mass is 35.5. The number of ether oxygens (including phenoxy) is 2. The van der Waals surface area contributed by atoms with E-state index >= 15 is 0 Å². The summed E-state index contributed by atoms with van der Waals surface area (Å²) in [5.41, 5.74) is -0.461. The summed E-state index contributed by atoms with van der Waals surface area (Å²) in [6, 6.07) is 0. The second-order valence-electron chi connectivity index (χ2n) is 4.51. The summed E-state index contributed by atoms with van der Waals surface area (Å²) in [6.45, 7) is 4.45. The number of aromatic nitrogens is 2. The normalized spacial score (nSPS) is 14.0. The molecule has 0 saturated carbocycles. The van der Waals surface area contributed by atoms with Crippen molar-refractivity contribution >= 4 is 70.5 Å². The number of H-pyrrole nitrogens is 1. The van der Waals surface area contributed by atoms with Crippen molar-refractivity contribution < 1.29 is 9.47 Å². The third kappa shape index (κ3) is 2.61. The van der Waals surface area contributed by atoms with E-state index in [1.54, 1.807) is 0 Å². The standard InChI is InChI=1S/C13H7Cl5N2O3/c1-4-5(13-22-2-3-23-13)12(21)20(19-4)11-9(17)7(15)6(14)8(16)10(11)18/h19H,1-3H2. The van der Waals surface area contributed by atoms with Gasteiger partial charge in [0.2, 0.25) is 0 Å². The van der Waals surface area contributed by atoms with Gasteiger partial charge in [-0.1, -0.05) is 64.6 Å². The third-order valence-corrected chi connectivity index (χ3v) is 5.39. The molecule has 0 radical (unpaired) electrons. The molecule has 0 atom stereocenters. The van der Waals surface area contributed by atoms with Gasteiger partial charge in [-0.15, -0.1) is 0 Å². The molecule has 0 unspecified atom stereocenters. The van der Waals surface area contributed by atoms with E-state index in [0.717, 1.165) is 4.68 Å². The molecule has 3 rings (SSSR count). The topological polar surface area (TPSA) is 56.2 Å². The molecule has 0 amide bonds. The number of rotatable bonds is 1. The van der Waals surface area contributed by atoms with Gasteiger partial charge in [0.05, 0.1) is 30.5 Å². The lowest BCUT2D eigenvalue weighted by Gasteiger charge is -2.12. The summed E-state index contributed by atoms with van der Waals surface area (Å²) >= 11 is 30.3. The molecule has 10 heteroatoms. The molecule has 1 aromatic heterocycles. The fourth-order valence-corrected chi connectivity index (χ4v) is 3.39. The van der Waals surface area contributed by atoms with Crippen LogP contribution in [0.25, 0.3) is 18.2 Å². The molecule has 1 aromatic carbocycles. The van der Waals surface area contributed by atoms with Crippen LogP contribution in [-0.2, 0) is 9.47 Å². The summed E-state index contributed by atoms with van der Waals surface area (Å²) in [5, 5.41) is 3.05. The van der Waals surface area contributed by atoms with Crippen LogP contribution in [0.3, 0.4) is 0 Å². The number of benzene rings is 1. The lowest BCUT2D eigenvalue weighted by Crippen LogP contribution is -2.36. The molecule has 0 bridgehead atoms. The second kappa shape index (κ2) is 6.15. The van der Waals surface area contributed by atoms with Gasteiger partial charge in [0.1, 0.15) is 24.1 Å². The molecule has 122 valence electrons. The van der Waals surface area contributed by atoms with Gasteiger partial charge in [-0.05, 0) is 0 Å². The molecule has 23 heavy (non-hydrogen) atoms. The molecule has 1 fully saturated rings. The second-order valence-corrected chi connectivity index (χ2v) is 6.40. The molecule has 2 heterocycles. The first kappa shape index (κ1) is 16.9. The van der Waals surface area contributed by atoms with Crippen LogP contribution in [-0.4, -0.2) is 23.0 Å². The van der Waals surface area contributed by atoms with Crippen molar-refractivity contribution in [1.29, 1.82) is 0 Å². The maximum absolute atomic E-state index is 12.7. The van der Waals surface area contributed by atoms with Gasteiger partial charge in [-0.3, -0.25) is 9.89 Å². The van der Waals surface area contributed by atoms with Crippen LogP contribution in [0.1, 0.15) is 0 Å². The fraction of sp³-hybridized carbons (Fsp3) is 0.154. The lowest BCUT2D eigenvalue weighted by molar-refractivity contribution is 0.274. The van der Waals surface area contributed by atoms with Crippen molar-refractivity contribution in [2.24, 2.45) is 0 Å². The quantitative estimate of drug-likeness (QED) is 0.575. The molecule has 0 aliphatic carbocycles. The Morgan fingerprint density at radius 3 is 1.91 bits per heavy atom. The molecule has 1 aliphatic rings. The van der Waals surface area contributed by atoms with Crippen LogP contribution in [0.5, 0.6) is 0 Å².